The lowest BCUT2D eigenvalue weighted by Gasteiger charge is -2.13. The molecule has 0 heterocycles. The average Bonchev–Trinajstić information content (AvgIpc) is 2.34. The summed E-state index contributed by atoms with van der Waals surface area (Å²) in [6.45, 7) is 5.41. The number of para-hydroxylation sites is 1. The molecule has 1 rings (SSSR count). The van der Waals surface area contributed by atoms with Crippen LogP contribution in [0.25, 0.3) is 0 Å². The van der Waals surface area contributed by atoms with Gasteiger partial charge in [-0.05, 0) is 13.6 Å². The zero-order valence-electron chi connectivity index (χ0n) is 10.3. The molecule has 0 aromatic heterocycles. The summed E-state index contributed by atoms with van der Waals surface area (Å²) in [7, 11) is 2.05. The largest absolute Gasteiger partial charge is 0.311 e. The SMILES string of the molecule is CCN(C)CCNCc1ccccc1[N+](=O)[O-]. The van der Waals surface area contributed by atoms with Crippen molar-refractivity contribution in [3.05, 3.63) is 39.9 Å². The monoisotopic (exact) mass is 237 g/mol. The molecule has 1 aromatic rings. The van der Waals surface area contributed by atoms with Gasteiger partial charge in [0, 0.05) is 31.3 Å². The summed E-state index contributed by atoms with van der Waals surface area (Å²) in [5, 5.41) is 14.0. The van der Waals surface area contributed by atoms with Crippen LogP contribution < -0.4 is 5.32 Å². The first-order valence-electron chi connectivity index (χ1n) is 5.76. The molecule has 0 spiro atoms. The van der Waals surface area contributed by atoms with Gasteiger partial charge < -0.3 is 10.2 Å². The van der Waals surface area contributed by atoms with E-state index in [0.717, 1.165) is 25.2 Å². The number of hydrogen-bond donors (Lipinski definition) is 1. The Kier molecular flexibility index (Phi) is 5.59. The van der Waals surface area contributed by atoms with Gasteiger partial charge in [0.25, 0.3) is 5.69 Å². The third-order valence-corrected chi connectivity index (χ3v) is 2.71. The molecule has 0 aliphatic rings. The second-order valence-corrected chi connectivity index (χ2v) is 3.96. The Balaban J connectivity index is 2.44. The lowest BCUT2D eigenvalue weighted by molar-refractivity contribution is -0.385. The zero-order valence-corrected chi connectivity index (χ0v) is 10.3. The topological polar surface area (TPSA) is 58.4 Å². The van der Waals surface area contributed by atoms with Crippen LogP contribution in [0.5, 0.6) is 0 Å². The van der Waals surface area contributed by atoms with Gasteiger partial charge >= 0.3 is 0 Å². The van der Waals surface area contributed by atoms with Gasteiger partial charge in [-0.1, -0.05) is 25.1 Å². The third kappa shape index (κ3) is 4.50. The fraction of sp³-hybridized carbons (Fsp3) is 0.500. The van der Waals surface area contributed by atoms with Crippen molar-refractivity contribution in [1.82, 2.24) is 10.2 Å². The molecule has 94 valence electrons. The van der Waals surface area contributed by atoms with Crippen molar-refractivity contribution >= 4 is 5.69 Å². The minimum Gasteiger partial charge on any atom is -0.311 e. The van der Waals surface area contributed by atoms with Crippen molar-refractivity contribution < 1.29 is 4.92 Å². The van der Waals surface area contributed by atoms with E-state index in [4.69, 9.17) is 0 Å². The van der Waals surface area contributed by atoms with E-state index in [9.17, 15) is 10.1 Å². The van der Waals surface area contributed by atoms with Crippen LogP contribution in [0.15, 0.2) is 24.3 Å². The van der Waals surface area contributed by atoms with Crippen LogP contribution in [0.1, 0.15) is 12.5 Å². The zero-order chi connectivity index (χ0) is 12.7. The van der Waals surface area contributed by atoms with Crippen LogP contribution in [-0.4, -0.2) is 36.5 Å². The minimum absolute atomic E-state index is 0.184. The molecule has 17 heavy (non-hydrogen) atoms. The first kappa shape index (κ1) is 13.6. The Morgan fingerprint density at radius 2 is 2.12 bits per heavy atom. The summed E-state index contributed by atoms with van der Waals surface area (Å²) in [5.74, 6) is 0. The Morgan fingerprint density at radius 1 is 1.41 bits per heavy atom. The van der Waals surface area contributed by atoms with Gasteiger partial charge in [0.15, 0.2) is 0 Å². The smallest absolute Gasteiger partial charge is 0.273 e. The van der Waals surface area contributed by atoms with Gasteiger partial charge in [0.05, 0.1) is 4.92 Å². The number of rotatable bonds is 7. The Labute approximate surface area is 102 Å². The van der Waals surface area contributed by atoms with E-state index in [0.29, 0.717) is 6.54 Å². The van der Waals surface area contributed by atoms with E-state index in [1.807, 2.05) is 13.1 Å². The number of nitrogens with one attached hydrogen (secondary N) is 1. The Hall–Kier alpha value is -1.46. The number of nitro benzene ring substituents is 1. The molecule has 1 aromatic carbocycles. The fourth-order valence-electron chi connectivity index (χ4n) is 1.49. The predicted octanol–water partition coefficient (Wildman–Crippen LogP) is 1.64. The highest BCUT2D eigenvalue weighted by Crippen LogP contribution is 2.16. The highest BCUT2D eigenvalue weighted by atomic mass is 16.6. The Bertz CT molecular complexity index is 369. The first-order valence-corrected chi connectivity index (χ1v) is 5.76. The molecule has 5 heteroatoms. The molecule has 0 atom stereocenters. The number of nitrogens with zero attached hydrogens (tertiary/aromatic N) is 2. The molecular weight excluding hydrogens is 218 g/mol. The summed E-state index contributed by atoms with van der Waals surface area (Å²) in [6.07, 6.45) is 0. The van der Waals surface area contributed by atoms with Crippen LogP contribution >= 0.6 is 0 Å². The molecule has 0 saturated heterocycles. The van der Waals surface area contributed by atoms with E-state index in [-0.39, 0.29) is 10.6 Å². The van der Waals surface area contributed by atoms with Gasteiger partial charge in [0.2, 0.25) is 0 Å². The Morgan fingerprint density at radius 3 is 2.76 bits per heavy atom. The highest BCUT2D eigenvalue weighted by Gasteiger charge is 2.11. The normalized spacial score (nSPS) is 10.8. The summed E-state index contributed by atoms with van der Waals surface area (Å²) in [5.41, 5.74) is 0.917. The second kappa shape index (κ2) is 6.98. The number of benzene rings is 1. The van der Waals surface area contributed by atoms with Crippen molar-refractivity contribution in [1.29, 1.82) is 0 Å². The highest BCUT2D eigenvalue weighted by molar-refractivity contribution is 5.39. The van der Waals surface area contributed by atoms with Crippen molar-refractivity contribution in [3.8, 4) is 0 Å². The lowest BCUT2D eigenvalue weighted by Crippen LogP contribution is -2.28. The molecule has 0 aliphatic heterocycles. The molecule has 0 unspecified atom stereocenters. The standard InChI is InChI=1S/C12H19N3O2/c1-3-14(2)9-8-13-10-11-6-4-5-7-12(11)15(16)17/h4-7,13H,3,8-10H2,1-2H3. The van der Waals surface area contributed by atoms with Crippen LogP contribution in [0.4, 0.5) is 5.69 Å². The summed E-state index contributed by atoms with van der Waals surface area (Å²) >= 11 is 0. The van der Waals surface area contributed by atoms with Crippen molar-refractivity contribution in [3.63, 3.8) is 0 Å². The molecule has 0 bridgehead atoms. The molecule has 0 aliphatic carbocycles. The first-order chi connectivity index (χ1) is 8.15. The molecular formula is C12H19N3O2. The van der Waals surface area contributed by atoms with Crippen molar-refractivity contribution in [2.75, 3.05) is 26.7 Å². The molecule has 0 amide bonds. The second-order valence-electron chi connectivity index (χ2n) is 3.96. The molecule has 0 saturated carbocycles. The molecule has 0 radical (unpaired) electrons. The maximum absolute atomic E-state index is 10.8. The average molecular weight is 237 g/mol. The number of hydrogen-bond acceptors (Lipinski definition) is 4. The van der Waals surface area contributed by atoms with E-state index >= 15 is 0 Å². The molecule has 5 nitrogen and oxygen atoms in total. The van der Waals surface area contributed by atoms with E-state index in [1.165, 1.54) is 6.07 Å². The minimum atomic E-state index is -0.338. The molecule has 0 fully saturated rings. The van der Waals surface area contributed by atoms with Crippen LogP contribution in [0.2, 0.25) is 0 Å². The fourth-order valence-corrected chi connectivity index (χ4v) is 1.49. The number of nitro groups is 1. The van der Waals surface area contributed by atoms with Crippen molar-refractivity contribution in [2.24, 2.45) is 0 Å². The van der Waals surface area contributed by atoms with Gasteiger partial charge in [-0.25, -0.2) is 0 Å². The van der Waals surface area contributed by atoms with Crippen molar-refractivity contribution in [2.45, 2.75) is 13.5 Å². The maximum atomic E-state index is 10.8. The van der Waals surface area contributed by atoms with Crippen LogP contribution in [-0.2, 0) is 6.54 Å². The summed E-state index contributed by atoms with van der Waals surface area (Å²) < 4.78 is 0. The van der Waals surface area contributed by atoms with E-state index in [2.05, 4.69) is 17.1 Å². The summed E-state index contributed by atoms with van der Waals surface area (Å²) in [6, 6.07) is 6.83. The van der Waals surface area contributed by atoms with Gasteiger partial charge in [0.1, 0.15) is 0 Å². The quantitative estimate of drug-likeness (QED) is 0.445. The van der Waals surface area contributed by atoms with E-state index < -0.39 is 0 Å². The predicted molar refractivity (Wildman–Crippen MR) is 68.0 cm³/mol. The summed E-state index contributed by atoms with van der Waals surface area (Å²) in [4.78, 5) is 12.6. The van der Waals surface area contributed by atoms with Gasteiger partial charge in [-0.3, -0.25) is 10.1 Å². The maximum Gasteiger partial charge on any atom is 0.273 e. The van der Waals surface area contributed by atoms with Gasteiger partial charge in [-0.15, -0.1) is 0 Å². The van der Waals surface area contributed by atoms with Crippen LogP contribution in [0.3, 0.4) is 0 Å². The van der Waals surface area contributed by atoms with E-state index in [1.54, 1.807) is 12.1 Å². The molecule has 1 N–H and O–H groups in total. The van der Waals surface area contributed by atoms with Gasteiger partial charge in [-0.2, -0.15) is 0 Å². The third-order valence-electron chi connectivity index (χ3n) is 2.71. The number of likely N-dealkylation sites (N-methyl/N-ethyl adjacent to an activating group) is 1. The lowest BCUT2D eigenvalue weighted by atomic mass is 10.2. The van der Waals surface area contributed by atoms with Crippen LogP contribution in [0, 0.1) is 10.1 Å².